The number of thioether (sulfide) groups is 1. The molecule has 5 nitrogen and oxygen atoms in total. The van der Waals surface area contributed by atoms with Crippen LogP contribution in [0.1, 0.15) is 12.5 Å². The minimum absolute atomic E-state index is 0.0496. The second kappa shape index (κ2) is 6.81. The molecule has 0 aliphatic rings. The topological polar surface area (TPSA) is 78.8 Å². The number of benzene rings is 1. The molecule has 0 saturated heterocycles. The summed E-state index contributed by atoms with van der Waals surface area (Å²) in [5.41, 5.74) is -0.456. The van der Waals surface area contributed by atoms with E-state index in [1.54, 1.807) is 19.2 Å². The number of hydrogen-bond acceptors (Lipinski definition) is 5. The maximum absolute atomic E-state index is 14.1. The lowest BCUT2D eigenvalue weighted by Gasteiger charge is -2.10. The van der Waals surface area contributed by atoms with Crippen molar-refractivity contribution in [2.75, 3.05) is 12.9 Å². The molecule has 0 bridgehead atoms. The smallest absolute Gasteiger partial charge is 0.270 e. The van der Waals surface area contributed by atoms with Gasteiger partial charge in [0.2, 0.25) is 0 Å². The van der Waals surface area contributed by atoms with Crippen LogP contribution in [0.4, 0.5) is 4.39 Å². The largest absolute Gasteiger partial charge is 0.489 e. The van der Waals surface area contributed by atoms with Gasteiger partial charge in [-0.05, 0) is 25.3 Å². The quantitative estimate of drug-likeness (QED) is 0.683. The molecule has 0 amide bonds. The Bertz CT molecular complexity index is 794. The molecule has 22 heavy (non-hydrogen) atoms. The van der Waals surface area contributed by atoms with Crippen molar-refractivity contribution >= 4 is 23.4 Å². The molecule has 2 rings (SSSR count). The molecule has 8 heteroatoms. The Balaban J connectivity index is 2.69. The first kappa shape index (κ1) is 16.3. The Morgan fingerprint density at radius 3 is 2.82 bits per heavy atom. The summed E-state index contributed by atoms with van der Waals surface area (Å²) >= 11 is 7.21. The van der Waals surface area contributed by atoms with Crippen LogP contribution < -0.4 is 10.3 Å². The highest BCUT2D eigenvalue weighted by Gasteiger charge is 2.17. The highest BCUT2D eigenvalue weighted by Crippen LogP contribution is 2.33. The molecule has 0 unspecified atom stereocenters. The predicted octanol–water partition coefficient (Wildman–Crippen LogP) is 3.22. The zero-order valence-electron chi connectivity index (χ0n) is 11.7. The van der Waals surface area contributed by atoms with Crippen LogP contribution in [0.3, 0.4) is 0 Å². The zero-order chi connectivity index (χ0) is 16.3. The average molecular weight is 340 g/mol. The van der Waals surface area contributed by atoms with Crippen LogP contribution in [0.5, 0.6) is 5.75 Å². The third kappa shape index (κ3) is 3.08. The standard InChI is InChI=1S/C14H11ClFN3O2S/c1-3-21-12-9(15)4-7(5-10(12)16)11-8(6-17)13(20)19-14(18-11)22-2/h4-5H,3H2,1-2H3,(H,18,19,20). The van der Waals surface area contributed by atoms with Gasteiger partial charge in [-0.25, -0.2) is 9.37 Å². The van der Waals surface area contributed by atoms with Gasteiger partial charge in [0.15, 0.2) is 16.7 Å². The van der Waals surface area contributed by atoms with E-state index in [0.717, 1.165) is 6.07 Å². The third-order valence-corrected chi connectivity index (χ3v) is 3.62. The summed E-state index contributed by atoms with van der Waals surface area (Å²) in [6, 6.07) is 4.34. The summed E-state index contributed by atoms with van der Waals surface area (Å²) in [5.74, 6) is -0.748. The SMILES string of the molecule is CCOc1c(F)cc(-c2nc(SC)[nH]c(=O)c2C#N)cc1Cl. The summed E-state index contributed by atoms with van der Waals surface area (Å²) < 4.78 is 19.2. The molecule has 2 aromatic rings. The van der Waals surface area contributed by atoms with Crippen LogP contribution >= 0.6 is 23.4 Å². The van der Waals surface area contributed by atoms with Crippen LogP contribution in [0.25, 0.3) is 11.3 Å². The number of H-pyrrole nitrogens is 1. The fourth-order valence-corrected chi connectivity index (χ4v) is 2.48. The number of nitrogens with one attached hydrogen (secondary N) is 1. The number of nitriles is 1. The number of aromatic nitrogens is 2. The highest BCUT2D eigenvalue weighted by molar-refractivity contribution is 7.98. The summed E-state index contributed by atoms with van der Waals surface area (Å²) in [4.78, 5) is 18.5. The third-order valence-electron chi connectivity index (χ3n) is 2.76. The van der Waals surface area contributed by atoms with Crippen LogP contribution in [-0.4, -0.2) is 22.8 Å². The van der Waals surface area contributed by atoms with Gasteiger partial charge in [-0.3, -0.25) is 4.79 Å². The average Bonchev–Trinajstić information content (AvgIpc) is 2.49. The molecule has 0 saturated carbocycles. The summed E-state index contributed by atoms with van der Waals surface area (Å²) in [6.45, 7) is 1.97. The minimum atomic E-state index is -0.680. The lowest BCUT2D eigenvalue weighted by atomic mass is 10.1. The zero-order valence-corrected chi connectivity index (χ0v) is 13.3. The number of aromatic amines is 1. The van der Waals surface area contributed by atoms with Crippen LogP contribution in [0.15, 0.2) is 22.1 Å². The van der Waals surface area contributed by atoms with Crippen molar-refractivity contribution in [2.24, 2.45) is 0 Å². The maximum Gasteiger partial charge on any atom is 0.270 e. The first-order valence-electron chi connectivity index (χ1n) is 6.22. The van der Waals surface area contributed by atoms with E-state index in [-0.39, 0.29) is 34.2 Å². The van der Waals surface area contributed by atoms with Gasteiger partial charge in [-0.15, -0.1) is 0 Å². The van der Waals surface area contributed by atoms with Gasteiger partial charge in [0, 0.05) is 5.56 Å². The second-order valence-corrected chi connectivity index (χ2v) is 5.31. The Morgan fingerprint density at radius 1 is 1.55 bits per heavy atom. The number of ether oxygens (including phenoxy) is 1. The lowest BCUT2D eigenvalue weighted by Crippen LogP contribution is -2.14. The summed E-state index contributed by atoms with van der Waals surface area (Å²) in [7, 11) is 0. The van der Waals surface area contributed by atoms with E-state index >= 15 is 0 Å². The van der Waals surface area contributed by atoms with E-state index < -0.39 is 11.4 Å². The van der Waals surface area contributed by atoms with Gasteiger partial charge in [0.1, 0.15) is 11.6 Å². The van der Waals surface area contributed by atoms with Crippen molar-refractivity contribution in [3.63, 3.8) is 0 Å². The highest BCUT2D eigenvalue weighted by atomic mass is 35.5. The van der Waals surface area contributed by atoms with E-state index in [1.165, 1.54) is 17.8 Å². The van der Waals surface area contributed by atoms with E-state index in [9.17, 15) is 9.18 Å². The number of rotatable bonds is 4. The lowest BCUT2D eigenvalue weighted by molar-refractivity contribution is 0.322. The van der Waals surface area contributed by atoms with E-state index in [1.807, 2.05) is 0 Å². The van der Waals surface area contributed by atoms with Gasteiger partial charge in [-0.1, -0.05) is 23.4 Å². The van der Waals surface area contributed by atoms with Gasteiger partial charge in [-0.2, -0.15) is 5.26 Å². The molecule has 1 heterocycles. The van der Waals surface area contributed by atoms with Crippen molar-refractivity contribution < 1.29 is 9.13 Å². The molecular formula is C14H11ClFN3O2S. The van der Waals surface area contributed by atoms with Gasteiger partial charge >= 0.3 is 0 Å². The maximum atomic E-state index is 14.1. The molecule has 0 spiro atoms. The molecule has 0 atom stereocenters. The van der Waals surface area contributed by atoms with E-state index in [4.69, 9.17) is 21.6 Å². The molecule has 114 valence electrons. The van der Waals surface area contributed by atoms with Crippen LogP contribution in [0, 0.1) is 17.1 Å². The Kier molecular flexibility index (Phi) is 5.06. The van der Waals surface area contributed by atoms with Gasteiger partial charge < -0.3 is 9.72 Å². The van der Waals surface area contributed by atoms with Crippen molar-refractivity contribution in [1.82, 2.24) is 9.97 Å². The van der Waals surface area contributed by atoms with E-state index in [2.05, 4.69) is 9.97 Å². The Morgan fingerprint density at radius 2 is 2.27 bits per heavy atom. The predicted molar refractivity (Wildman–Crippen MR) is 82.9 cm³/mol. The molecule has 1 aromatic carbocycles. The minimum Gasteiger partial charge on any atom is -0.489 e. The molecule has 0 fully saturated rings. The molecule has 0 aliphatic carbocycles. The van der Waals surface area contributed by atoms with Gasteiger partial charge in [0.05, 0.1) is 17.3 Å². The summed E-state index contributed by atoms with van der Waals surface area (Å²) in [5, 5.41) is 9.51. The van der Waals surface area contributed by atoms with Crippen LogP contribution in [0.2, 0.25) is 5.02 Å². The fourth-order valence-electron chi connectivity index (χ4n) is 1.84. The molecule has 1 aromatic heterocycles. The first-order chi connectivity index (χ1) is 10.5. The van der Waals surface area contributed by atoms with Crippen molar-refractivity contribution in [2.45, 2.75) is 12.1 Å². The Hall–Kier alpha value is -2.04. The summed E-state index contributed by atoms with van der Waals surface area (Å²) in [6.07, 6.45) is 1.72. The fraction of sp³-hybridized carbons (Fsp3) is 0.214. The number of hydrogen-bond donors (Lipinski definition) is 1. The number of nitrogens with zero attached hydrogens (tertiary/aromatic N) is 2. The second-order valence-electron chi connectivity index (χ2n) is 4.11. The van der Waals surface area contributed by atoms with Crippen molar-refractivity contribution in [1.29, 1.82) is 5.26 Å². The van der Waals surface area contributed by atoms with Gasteiger partial charge in [0.25, 0.3) is 5.56 Å². The van der Waals surface area contributed by atoms with Crippen molar-refractivity contribution in [3.8, 4) is 23.1 Å². The van der Waals surface area contributed by atoms with Crippen molar-refractivity contribution in [3.05, 3.63) is 38.9 Å². The van der Waals surface area contributed by atoms with E-state index in [0.29, 0.717) is 5.16 Å². The molecule has 0 aliphatic heterocycles. The first-order valence-corrected chi connectivity index (χ1v) is 7.82. The molecule has 1 N–H and O–H groups in total. The number of halogens is 2. The molecular weight excluding hydrogens is 329 g/mol. The van der Waals surface area contributed by atoms with Crippen LogP contribution in [-0.2, 0) is 0 Å². The monoisotopic (exact) mass is 339 g/mol. The molecule has 0 radical (unpaired) electrons. The normalized spacial score (nSPS) is 10.3. The Labute approximate surface area is 135 Å².